The number of amides is 1. The quantitative estimate of drug-likeness (QED) is 0.765. The number of rotatable bonds is 1. The van der Waals surface area contributed by atoms with E-state index in [-0.39, 0.29) is 12.7 Å². The van der Waals surface area contributed by atoms with Gasteiger partial charge in [-0.25, -0.2) is 0 Å². The van der Waals surface area contributed by atoms with Crippen LogP contribution in [0.25, 0.3) is 0 Å². The lowest BCUT2D eigenvalue weighted by atomic mass is 10.1. The summed E-state index contributed by atoms with van der Waals surface area (Å²) in [4.78, 5) is 14.4. The predicted octanol–water partition coefficient (Wildman–Crippen LogP) is 3.49. The molecule has 0 bridgehead atoms. The highest BCUT2D eigenvalue weighted by atomic mass is 79.9. The average Bonchev–Trinajstić information content (AvgIpc) is 2.97. The summed E-state index contributed by atoms with van der Waals surface area (Å²) in [5.74, 6) is 2.00. The third-order valence-electron chi connectivity index (χ3n) is 3.94. The van der Waals surface area contributed by atoms with Crippen LogP contribution >= 0.6 is 15.9 Å². The largest absolute Gasteiger partial charge is 0.481 e. The van der Waals surface area contributed by atoms with E-state index in [1.807, 2.05) is 36.4 Å². The van der Waals surface area contributed by atoms with E-state index in [9.17, 15) is 4.79 Å². The van der Waals surface area contributed by atoms with E-state index < -0.39 is 6.10 Å². The number of anilines is 1. The van der Waals surface area contributed by atoms with Crippen LogP contribution in [0.15, 0.2) is 40.9 Å². The molecule has 118 valence electrons. The molecular formula is C17H14BrNO4. The molecule has 2 aromatic rings. The first-order valence-electron chi connectivity index (χ1n) is 7.28. The summed E-state index contributed by atoms with van der Waals surface area (Å²) in [7, 11) is 0. The number of carbonyl (C=O) groups is 1. The van der Waals surface area contributed by atoms with Crippen molar-refractivity contribution in [1.29, 1.82) is 0 Å². The van der Waals surface area contributed by atoms with Gasteiger partial charge in [-0.15, -0.1) is 0 Å². The summed E-state index contributed by atoms with van der Waals surface area (Å²) in [5, 5.41) is 0. The molecule has 0 fully saturated rings. The summed E-state index contributed by atoms with van der Waals surface area (Å²) in [6.07, 6.45) is -0.553. The number of nitrogens with zero attached hydrogens (tertiary/aromatic N) is 1. The zero-order valence-electron chi connectivity index (χ0n) is 12.4. The number of ether oxygens (including phenoxy) is 3. The molecule has 2 heterocycles. The molecule has 0 N–H and O–H groups in total. The molecule has 0 radical (unpaired) electrons. The van der Waals surface area contributed by atoms with Gasteiger partial charge in [-0.3, -0.25) is 4.79 Å². The second kappa shape index (κ2) is 5.45. The van der Waals surface area contributed by atoms with Gasteiger partial charge in [0.2, 0.25) is 6.79 Å². The lowest BCUT2D eigenvalue weighted by molar-refractivity contribution is -0.124. The number of carbonyl (C=O) groups excluding carboxylic acids is 1. The van der Waals surface area contributed by atoms with E-state index in [0.29, 0.717) is 18.0 Å². The molecule has 2 aliphatic rings. The van der Waals surface area contributed by atoms with Crippen LogP contribution < -0.4 is 19.1 Å². The SMILES string of the molecule is CC1Oc2ccc(Br)cc2CN(c2ccc3c(c2)OCO3)C1=O. The molecule has 0 aromatic heterocycles. The second-order valence-electron chi connectivity index (χ2n) is 5.47. The van der Waals surface area contributed by atoms with Crippen molar-refractivity contribution < 1.29 is 19.0 Å². The fourth-order valence-electron chi connectivity index (χ4n) is 2.77. The van der Waals surface area contributed by atoms with Crippen molar-refractivity contribution in [3.63, 3.8) is 0 Å². The lowest BCUT2D eigenvalue weighted by Crippen LogP contribution is -2.37. The highest BCUT2D eigenvalue weighted by Crippen LogP contribution is 2.37. The Morgan fingerprint density at radius 2 is 1.87 bits per heavy atom. The van der Waals surface area contributed by atoms with Crippen molar-refractivity contribution >= 4 is 27.5 Å². The van der Waals surface area contributed by atoms with Gasteiger partial charge in [-0.2, -0.15) is 0 Å². The van der Waals surface area contributed by atoms with Crippen molar-refractivity contribution in [2.75, 3.05) is 11.7 Å². The smallest absolute Gasteiger partial charge is 0.268 e. The van der Waals surface area contributed by atoms with Crippen molar-refractivity contribution in [1.82, 2.24) is 0 Å². The molecule has 0 saturated carbocycles. The lowest BCUT2D eigenvalue weighted by Gasteiger charge is -2.22. The fourth-order valence-corrected chi connectivity index (χ4v) is 3.18. The normalized spacial score (nSPS) is 19.1. The first-order valence-corrected chi connectivity index (χ1v) is 8.07. The molecule has 2 aliphatic heterocycles. The molecule has 4 rings (SSSR count). The van der Waals surface area contributed by atoms with E-state index in [2.05, 4.69) is 15.9 Å². The minimum Gasteiger partial charge on any atom is -0.481 e. The number of halogens is 1. The maximum absolute atomic E-state index is 12.7. The first-order chi connectivity index (χ1) is 11.1. The summed E-state index contributed by atoms with van der Waals surface area (Å²) in [6, 6.07) is 11.3. The monoisotopic (exact) mass is 375 g/mol. The van der Waals surface area contributed by atoms with Crippen LogP contribution in [0.3, 0.4) is 0 Å². The van der Waals surface area contributed by atoms with Gasteiger partial charge < -0.3 is 19.1 Å². The third kappa shape index (κ3) is 2.53. The van der Waals surface area contributed by atoms with E-state index >= 15 is 0 Å². The van der Waals surface area contributed by atoms with Crippen LogP contribution in [0.5, 0.6) is 17.2 Å². The minimum absolute atomic E-state index is 0.0869. The summed E-state index contributed by atoms with van der Waals surface area (Å²) in [6.45, 7) is 2.42. The first kappa shape index (κ1) is 14.4. The molecule has 5 nitrogen and oxygen atoms in total. The van der Waals surface area contributed by atoms with Gasteiger partial charge in [0.1, 0.15) is 5.75 Å². The molecule has 0 aliphatic carbocycles. The summed E-state index contributed by atoms with van der Waals surface area (Å²) in [5.41, 5.74) is 1.72. The molecule has 1 amide bonds. The van der Waals surface area contributed by atoms with Crippen molar-refractivity contribution in [3.8, 4) is 17.2 Å². The highest BCUT2D eigenvalue weighted by molar-refractivity contribution is 9.10. The van der Waals surface area contributed by atoms with Gasteiger partial charge in [0.25, 0.3) is 5.91 Å². The fraction of sp³-hybridized carbons (Fsp3) is 0.235. The van der Waals surface area contributed by atoms with Crippen LogP contribution in [0.2, 0.25) is 0 Å². The van der Waals surface area contributed by atoms with Crippen LogP contribution in [-0.2, 0) is 11.3 Å². The van der Waals surface area contributed by atoms with Crippen molar-refractivity contribution in [2.24, 2.45) is 0 Å². The standard InChI is InChI=1S/C17H14BrNO4/c1-10-17(20)19(8-11-6-12(18)2-4-14(11)23-10)13-3-5-15-16(7-13)22-9-21-15/h2-7,10H,8-9H2,1H3. The zero-order chi connectivity index (χ0) is 16.0. The Morgan fingerprint density at radius 3 is 2.74 bits per heavy atom. The van der Waals surface area contributed by atoms with Crippen LogP contribution in [0.1, 0.15) is 12.5 Å². The molecule has 0 spiro atoms. The third-order valence-corrected chi connectivity index (χ3v) is 4.43. The predicted molar refractivity (Wildman–Crippen MR) is 88.0 cm³/mol. The topological polar surface area (TPSA) is 48.0 Å². The number of hydrogen-bond acceptors (Lipinski definition) is 4. The van der Waals surface area contributed by atoms with E-state index in [1.54, 1.807) is 11.8 Å². The van der Waals surface area contributed by atoms with Crippen molar-refractivity contribution in [2.45, 2.75) is 19.6 Å². The van der Waals surface area contributed by atoms with Crippen LogP contribution in [0.4, 0.5) is 5.69 Å². The maximum atomic E-state index is 12.7. The van der Waals surface area contributed by atoms with Gasteiger partial charge >= 0.3 is 0 Å². The van der Waals surface area contributed by atoms with E-state index in [0.717, 1.165) is 21.5 Å². The Morgan fingerprint density at radius 1 is 1.09 bits per heavy atom. The minimum atomic E-state index is -0.553. The average molecular weight is 376 g/mol. The van der Waals surface area contributed by atoms with E-state index in [1.165, 1.54) is 0 Å². The van der Waals surface area contributed by atoms with Gasteiger partial charge in [0.15, 0.2) is 17.6 Å². The van der Waals surface area contributed by atoms with E-state index in [4.69, 9.17) is 14.2 Å². The molecule has 23 heavy (non-hydrogen) atoms. The summed E-state index contributed by atoms with van der Waals surface area (Å²) >= 11 is 3.47. The van der Waals surface area contributed by atoms with Crippen LogP contribution in [0, 0.1) is 0 Å². The molecule has 1 atom stereocenters. The summed E-state index contributed by atoms with van der Waals surface area (Å²) < 4.78 is 17.5. The molecule has 6 heteroatoms. The van der Waals surface area contributed by atoms with Gasteiger partial charge in [-0.05, 0) is 37.3 Å². The zero-order valence-corrected chi connectivity index (χ0v) is 14.0. The molecule has 2 aromatic carbocycles. The Labute approximate surface area is 141 Å². The Balaban J connectivity index is 1.76. The number of benzene rings is 2. The van der Waals surface area contributed by atoms with Crippen molar-refractivity contribution in [3.05, 3.63) is 46.4 Å². The Hall–Kier alpha value is -2.21. The molecule has 1 unspecified atom stereocenters. The van der Waals surface area contributed by atoms with Gasteiger partial charge in [0, 0.05) is 21.8 Å². The highest BCUT2D eigenvalue weighted by Gasteiger charge is 2.30. The Kier molecular flexibility index (Phi) is 3.41. The number of hydrogen-bond donors (Lipinski definition) is 0. The number of fused-ring (bicyclic) bond motifs is 2. The van der Waals surface area contributed by atoms with Gasteiger partial charge in [0.05, 0.1) is 6.54 Å². The maximum Gasteiger partial charge on any atom is 0.268 e. The van der Waals surface area contributed by atoms with Crippen LogP contribution in [-0.4, -0.2) is 18.8 Å². The van der Waals surface area contributed by atoms with Gasteiger partial charge in [-0.1, -0.05) is 15.9 Å². The second-order valence-corrected chi connectivity index (χ2v) is 6.39. The Bertz CT molecular complexity index is 792. The molecule has 0 saturated heterocycles. The molecular weight excluding hydrogens is 362 g/mol.